The number of ketones is 2. The second kappa shape index (κ2) is 10.3. The summed E-state index contributed by atoms with van der Waals surface area (Å²) in [5, 5.41) is 36.1. The van der Waals surface area contributed by atoms with Crippen molar-refractivity contribution in [1.29, 1.82) is 0 Å². The molecule has 6 N–H and O–H groups in total. The fraction of sp³-hybridized carbons (Fsp3) is 0.536. The first kappa shape index (κ1) is 27.1. The van der Waals surface area contributed by atoms with Crippen molar-refractivity contribution in [3.05, 3.63) is 39.7 Å². The van der Waals surface area contributed by atoms with E-state index in [9.17, 15) is 34.1 Å². The summed E-state index contributed by atoms with van der Waals surface area (Å²) in [6.07, 6.45) is 2.31. The fourth-order valence-electron chi connectivity index (χ4n) is 7.24. The van der Waals surface area contributed by atoms with Crippen molar-refractivity contribution < 1.29 is 38.8 Å². The molecule has 0 radical (unpaired) electrons. The summed E-state index contributed by atoms with van der Waals surface area (Å²) in [6.45, 7) is 2.87. The van der Waals surface area contributed by atoms with Crippen molar-refractivity contribution in [2.45, 2.75) is 44.7 Å². The Morgan fingerprint density at radius 2 is 2.00 bits per heavy atom. The van der Waals surface area contributed by atoms with Gasteiger partial charge in [-0.05, 0) is 56.7 Å². The van der Waals surface area contributed by atoms with E-state index < -0.39 is 65.0 Å². The summed E-state index contributed by atoms with van der Waals surface area (Å²) in [5.74, 6) is -6.22. The number of allylic oxidation sites excluding steroid dienone is 1. The first-order valence-electron chi connectivity index (χ1n) is 13.4. The fourth-order valence-corrected chi connectivity index (χ4v) is 7.24. The number of phenolic OH excluding ortho intramolecular Hbond substituents is 1. The highest BCUT2D eigenvalue weighted by atomic mass is 19.1. The van der Waals surface area contributed by atoms with Crippen LogP contribution in [0, 0.1) is 17.8 Å². The molecule has 1 saturated heterocycles. The Bertz CT molecular complexity index is 1310. The summed E-state index contributed by atoms with van der Waals surface area (Å²) in [5.41, 5.74) is 6.14. The van der Waals surface area contributed by atoms with E-state index in [1.165, 1.54) is 7.11 Å². The SMILES string of the molecule is CCN1CCC[C@H]1c1cc(O)c2c(c1OC)C[C@H]1C[C@@H]3[C@@H](C(=O)C(C(N)=O)=C(O)[C@H]3NCCF)C(=O)C1=C2O. The van der Waals surface area contributed by atoms with Crippen LogP contribution in [0.4, 0.5) is 4.39 Å². The van der Waals surface area contributed by atoms with Crippen LogP contribution in [0.5, 0.6) is 11.5 Å². The van der Waals surface area contributed by atoms with Gasteiger partial charge in [0.05, 0.1) is 24.6 Å². The molecule has 1 aromatic rings. The average Bonchev–Trinajstić information content (AvgIpc) is 3.36. The lowest BCUT2D eigenvalue weighted by Gasteiger charge is -2.44. The van der Waals surface area contributed by atoms with E-state index in [2.05, 4.69) is 17.1 Å². The minimum absolute atomic E-state index is 0.00675. The van der Waals surface area contributed by atoms with Gasteiger partial charge < -0.3 is 31.1 Å². The number of benzene rings is 1. The molecule has 1 aliphatic heterocycles. The number of ether oxygens (including phenoxy) is 1. The summed E-state index contributed by atoms with van der Waals surface area (Å²) < 4.78 is 18.9. The highest BCUT2D eigenvalue weighted by Crippen LogP contribution is 2.53. The van der Waals surface area contributed by atoms with Gasteiger partial charge in [0.25, 0.3) is 5.91 Å². The van der Waals surface area contributed by atoms with E-state index >= 15 is 0 Å². The number of nitrogens with two attached hydrogens (primary N) is 1. The van der Waals surface area contributed by atoms with Crippen molar-refractivity contribution in [3.63, 3.8) is 0 Å². The van der Waals surface area contributed by atoms with Crippen LogP contribution in [-0.4, -0.2) is 77.2 Å². The number of aromatic hydroxyl groups is 1. The first-order chi connectivity index (χ1) is 18.7. The summed E-state index contributed by atoms with van der Waals surface area (Å²) in [4.78, 5) is 41.4. The Morgan fingerprint density at radius 1 is 1.26 bits per heavy atom. The largest absolute Gasteiger partial charge is 0.510 e. The number of primary amides is 1. The van der Waals surface area contributed by atoms with Crippen molar-refractivity contribution in [2.75, 3.05) is 33.4 Å². The molecule has 3 aliphatic carbocycles. The highest BCUT2D eigenvalue weighted by Gasteiger charge is 2.55. The van der Waals surface area contributed by atoms with Gasteiger partial charge in [0.1, 0.15) is 35.3 Å². The Morgan fingerprint density at radius 3 is 2.64 bits per heavy atom. The minimum Gasteiger partial charge on any atom is -0.510 e. The zero-order valence-corrected chi connectivity index (χ0v) is 22.0. The molecule has 1 saturated carbocycles. The normalized spacial score (nSPS) is 28.8. The van der Waals surface area contributed by atoms with Gasteiger partial charge in [-0.1, -0.05) is 6.92 Å². The Balaban J connectivity index is 1.63. The lowest BCUT2D eigenvalue weighted by Crippen LogP contribution is -2.56. The van der Waals surface area contributed by atoms with Crippen molar-refractivity contribution >= 4 is 23.2 Å². The molecule has 39 heavy (non-hydrogen) atoms. The highest BCUT2D eigenvalue weighted by molar-refractivity contribution is 6.28. The number of carbonyl (C=O) groups excluding carboxylic acids is 3. The number of Topliss-reactive ketones (excluding diaryl/α,β-unsaturated/α-hetero) is 2. The van der Waals surface area contributed by atoms with Gasteiger partial charge in [-0.2, -0.15) is 0 Å². The summed E-state index contributed by atoms with van der Waals surface area (Å²) in [7, 11) is 1.53. The molecule has 2 fully saturated rings. The molecular weight excluding hydrogens is 509 g/mol. The second-order valence-corrected chi connectivity index (χ2v) is 10.7. The zero-order valence-electron chi connectivity index (χ0n) is 22.0. The number of nitrogens with zero attached hydrogens (tertiary/aromatic N) is 1. The maximum absolute atomic E-state index is 13.8. The van der Waals surface area contributed by atoms with Gasteiger partial charge in [0.15, 0.2) is 11.6 Å². The third-order valence-electron chi connectivity index (χ3n) is 8.82. The monoisotopic (exact) mass is 543 g/mol. The number of amides is 1. The Labute approximate surface area is 225 Å². The maximum atomic E-state index is 13.8. The zero-order chi connectivity index (χ0) is 28.2. The number of alkyl halides is 1. The molecule has 5 atom stereocenters. The topological polar surface area (TPSA) is 162 Å². The van der Waals surface area contributed by atoms with Crippen LogP contribution >= 0.6 is 0 Å². The lowest BCUT2D eigenvalue weighted by atomic mass is 9.59. The second-order valence-electron chi connectivity index (χ2n) is 10.7. The van der Waals surface area contributed by atoms with E-state index in [0.29, 0.717) is 11.3 Å². The Hall–Kier alpha value is -3.44. The van der Waals surface area contributed by atoms with Crippen LogP contribution in [0.1, 0.15) is 48.9 Å². The molecule has 0 bridgehead atoms. The molecule has 210 valence electrons. The van der Waals surface area contributed by atoms with E-state index in [4.69, 9.17) is 10.5 Å². The average molecular weight is 544 g/mol. The number of nitrogens with one attached hydrogen (secondary N) is 1. The lowest BCUT2D eigenvalue weighted by molar-refractivity contribution is -0.135. The number of likely N-dealkylation sites (tertiary alicyclic amines) is 1. The Kier molecular flexibility index (Phi) is 7.15. The van der Waals surface area contributed by atoms with Crippen LogP contribution in [0.15, 0.2) is 23.0 Å². The minimum atomic E-state index is -1.39. The summed E-state index contributed by atoms with van der Waals surface area (Å²) >= 11 is 0. The molecule has 5 rings (SSSR count). The number of hydrogen-bond acceptors (Lipinski definition) is 9. The molecule has 4 aliphatic rings. The van der Waals surface area contributed by atoms with Gasteiger partial charge >= 0.3 is 0 Å². The number of aliphatic hydroxyl groups is 2. The molecule has 0 unspecified atom stereocenters. The predicted octanol–water partition coefficient (Wildman–Crippen LogP) is 2.01. The number of carbonyl (C=O) groups is 3. The molecule has 0 aromatic heterocycles. The number of methoxy groups -OCH3 is 1. The van der Waals surface area contributed by atoms with Crippen molar-refractivity contribution in [1.82, 2.24) is 10.2 Å². The van der Waals surface area contributed by atoms with Gasteiger partial charge in [-0.3, -0.25) is 19.3 Å². The smallest absolute Gasteiger partial charge is 0.255 e. The number of hydrogen-bond donors (Lipinski definition) is 5. The first-order valence-corrected chi connectivity index (χ1v) is 13.4. The number of rotatable bonds is 7. The number of aliphatic hydroxyl groups excluding tert-OH is 2. The van der Waals surface area contributed by atoms with Crippen molar-refractivity contribution in [3.8, 4) is 11.5 Å². The van der Waals surface area contributed by atoms with Gasteiger partial charge in [0.2, 0.25) is 0 Å². The predicted molar refractivity (Wildman–Crippen MR) is 139 cm³/mol. The number of halogens is 1. The third-order valence-corrected chi connectivity index (χ3v) is 8.82. The van der Waals surface area contributed by atoms with Crippen molar-refractivity contribution in [2.24, 2.45) is 23.5 Å². The van der Waals surface area contributed by atoms with Crippen LogP contribution in [-0.2, 0) is 20.8 Å². The molecule has 1 amide bonds. The van der Waals surface area contributed by atoms with Gasteiger partial charge in [-0.25, -0.2) is 4.39 Å². The molecular formula is C28H34FN3O7. The standard InChI is InChI=1S/C28H34FN3O7/c1-3-32-8-4-5-16(32)13-11-17(33)19-15(27(13)39-2)10-12-9-14-20(24(35)18(12)23(19)34)25(36)21(28(30)38)26(37)22(14)31-7-6-29/h11-12,14,16,20,22,31,33-34,37H,3-10H2,1-2H3,(H2,30,38)/t12-,14-,16+,20-,22+/m1/s1. The quantitative estimate of drug-likeness (QED) is 0.256. The third kappa shape index (κ3) is 4.10. The maximum Gasteiger partial charge on any atom is 0.255 e. The number of phenols is 1. The van der Waals surface area contributed by atoms with Crippen LogP contribution < -0.4 is 15.8 Å². The number of fused-ring (bicyclic) bond motifs is 3. The van der Waals surface area contributed by atoms with Gasteiger partial charge in [0, 0.05) is 29.3 Å². The van der Waals surface area contributed by atoms with Gasteiger partial charge in [-0.15, -0.1) is 0 Å². The van der Waals surface area contributed by atoms with E-state index in [1.807, 2.05) is 0 Å². The van der Waals surface area contributed by atoms with E-state index in [1.54, 1.807) is 6.07 Å². The molecule has 11 heteroatoms. The molecule has 1 heterocycles. The van der Waals surface area contributed by atoms with E-state index in [0.717, 1.165) is 31.5 Å². The summed E-state index contributed by atoms with van der Waals surface area (Å²) in [6, 6.07) is 0.571. The van der Waals surface area contributed by atoms with E-state index in [-0.39, 0.29) is 42.3 Å². The molecule has 10 nitrogen and oxygen atoms in total. The van der Waals surface area contributed by atoms with Crippen LogP contribution in [0.3, 0.4) is 0 Å². The molecule has 1 aromatic carbocycles. The van der Waals surface area contributed by atoms with Crippen LogP contribution in [0.2, 0.25) is 0 Å². The van der Waals surface area contributed by atoms with Crippen LogP contribution in [0.25, 0.3) is 5.76 Å². The molecule has 0 spiro atoms.